The molecule has 2 unspecified atom stereocenters. The summed E-state index contributed by atoms with van der Waals surface area (Å²) in [5.41, 5.74) is -0.420. The second kappa shape index (κ2) is 5.95. The summed E-state index contributed by atoms with van der Waals surface area (Å²) in [6.07, 6.45) is 5.40. The molecule has 1 saturated carbocycles. The summed E-state index contributed by atoms with van der Waals surface area (Å²) in [7, 11) is 3.08. The first-order valence-electron chi connectivity index (χ1n) is 7.20. The van der Waals surface area contributed by atoms with Crippen molar-refractivity contribution in [2.24, 2.45) is 11.8 Å². The molecule has 1 N–H and O–H groups in total. The van der Waals surface area contributed by atoms with Crippen LogP contribution in [-0.2, 0) is 5.60 Å². The Balaban J connectivity index is 2.46. The van der Waals surface area contributed by atoms with Crippen LogP contribution in [0.2, 0.25) is 0 Å². The zero-order valence-corrected chi connectivity index (χ0v) is 12.7. The lowest BCUT2D eigenvalue weighted by atomic mass is 9.68. The van der Waals surface area contributed by atoms with Gasteiger partial charge in [0.1, 0.15) is 11.3 Å². The average molecular weight is 280 g/mol. The molecule has 0 bridgehead atoms. The van der Waals surface area contributed by atoms with Crippen LogP contribution in [-0.4, -0.2) is 29.3 Å². The van der Waals surface area contributed by atoms with E-state index in [1.54, 1.807) is 13.3 Å². The van der Waals surface area contributed by atoms with E-state index in [1.165, 1.54) is 7.11 Å². The maximum absolute atomic E-state index is 11.2. The van der Waals surface area contributed by atoms with Gasteiger partial charge in [-0.2, -0.15) is 4.98 Å². The van der Waals surface area contributed by atoms with E-state index in [-0.39, 0.29) is 5.92 Å². The highest BCUT2D eigenvalue weighted by atomic mass is 16.5. The minimum Gasteiger partial charge on any atom is -0.480 e. The molecule has 2 rings (SSSR count). The minimum absolute atomic E-state index is 0.174. The Kier molecular flexibility index (Phi) is 4.48. The molecular formula is C15H24N2O3. The van der Waals surface area contributed by atoms with Gasteiger partial charge in [-0.25, -0.2) is 4.98 Å². The highest BCUT2D eigenvalue weighted by Crippen LogP contribution is 2.46. The van der Waals surface area contributed by atoms with Crippen molar-refractivity contribution in [1.82, 2.24) is 9.97 Å². The molecule has 20 heavy (non-hydrogen) atoms. The minimum atomic E-state index is -0.961. The Hall–Kier alpha value is -1.36. The predicted octanol–water partition coefficient (Wildman–Crippen LogP) is 2.53. The van der Waals surface area contributed by atoms with Gasteiger partial charge < -0.3 is 14.6 Å². The summed E-state index contributed by atoms with van der Waals surface area (Å²) < 4.78 is 10.4. The molecular weight excluding hydrogens is 256 g/mol. The lowest BCUT2D eigenvalue weighted by Gasteiger charge is -2.41. The summed E-state index contributed by atoms with van der Waals surface area (Å²) in [5, 5.41) is 11.2. The van der Waals surface area contributed by atoms with Crippen LogP contribution in [0.5, 0.6) is 11.8 Å². The SMILES string of the molecule is COc1cnc(C2(O)CCCCC2C(C)C)c(OC)n1. The highest BCUT2D eigenvalue weighted by molar-refractivity contribution is 5.29. The van der Waals surface area contributed by atoms with Crippen LogP contribution in [0.4, 0.5) is 0 Å². The zero-order valence-electron chi connectivity index (χ0n) is 12.7. The van der Waals surface area contributed by atoms with Crippen LogP contribution >= 0.6 is 0 Å². The summed E-state index contributed by atoms with van der Waals surface area (Å²) in [5.74, 6) is 1.31. The number of aliphatic hydroxyl groups is 1. The zero-order chi connectivity index (χ0) is 14.8. The van der Waals surface area contributed by atoms with Gasteiger partial charge in [-0.3, -0.25) is 0 Å². The van der Waals surface area contributed by atoms with E-state index in [9.17, 15) is 5.11 Å². The first-order chi connectivity index (χ1) is 9.52. The number of hydrogen-bond acceptors (Lipinski definition) is 5. The van der Waals surface area contributed by atoms with Gasteiger partial charge in [-0.1, -0.05) is 26.7 Å². The highest BCUT2D eigenvalue weighted by Gasteiger charge is 2.45. The normalized spacial score (nSPS) is 26.6. The van der Waals surface area contributed by atoms with Crippen LogP contribution in [0, 0.1) is 11.8 Å². The quantitative estimate of drug-likeness (QED) is 0.918. The lowest BCUT2D eigenvalue weighted by Crippen LogP contribution is -2.41. The van der Waals surface area contributed by atoms with Crippen LogP contribution in [0.1, 0.15) is 45.2 Å². The molecule has 5 heteroatoms. The Morgan fingerprint density at radius 3 is 2.65 bits per heavy atom. The average Bonchev–Trinajstić information content (AvgIpc) is 2.46. The summed E-state index contributed by atoms with van der Waals surface area (Å²) in [6.45, 7) is 4.29. The van der Waals surface area contributed by atoms with Gasteiger partial charge in [0, 0.05) is 0 Å². The summed E-state index contributed by atoms with van der Waals surface area (Å²) >= 11 is 0. The third-order valence-corrected chi connectivity index (χ3v) is 4.27. The van der Waals surface area contributed by atoms with E-state index >= 15 is 0 Å². The Morgan fingerprint density at radius 2 is 2.05 bits per heavy atom. The van der Waals surface area contributed by atoms with Crippen molar-refractivity contribution in [2.75, 3.05) is 14.2 Å². The van der Waals surface area contributed by atoms with Gasteiger partial charge in [-0.15, -0.1) is 0 Å². The standard InChI is InChI=1S/C15H24N2O3/c1-10(2)11-7-5-6-8-15(11,18)13-14(20-4)17-12(19-3)9-16-13/h9-11,18H,5-8H2,1-4H3. The second-order valence-electron chi connectivity index (χ2n) is 5.79. The van der Waals surface area contributed by atoms with Crippen molar-refractivity contribution in [3.05, 3.63) is 11.9 Å². The van der Waals surface area contributed by atoms with Crippen molar-refractivity contribution in [3.63, 3.8) is 0 Å². The first kappa shape index (κ1) is 15.0. The van der Waals surface area contributed by atoms with E-state index in [1.807, 2.05) is 0 Å². The second-order valence-corrected chi connectivity index (χ2v) is 5.79. The van der Waals surface area contributed by atoms with Gasteiger partial charge in [0.2, 0.25) is 11.8 Å². The van der Waals surface area contributed by atoms with E-state index in [0.717, 1.165) is 19.3 Å². The third-order valence-electron chi connectivity index (χ3n) is 4.27. The fourth-order valence-corrected chi connectivity index (χ4v) is 3.26. The molecule has 0 saturated heterocycles. The van der Waals surface area contributed by atoms with E-state index < -0.39 is 5.60 Å². The van der Waals surface area contributed by atoms with Gasteiger partial charge >= 0.3 is 0 Å². The molecule has 1 aromatic heterocycles. The van der Waals surface area contributed by atoms with Crippen molar-refractivity contribution >= 4 is 0 Å². The van der Waals surface area contributed by atoms with Gasteiger partial charge in [0.05, 0.1) is 20.4 Å². The molecule has 2 atom stereocenters. The van der Waals surface area contributed by atoms with Crippen LogP contribution in [0.3, 0.4) is 0 Å². The van der Waals surface area contributed by atoms with Gasteiger partial charge in [0.15, 0.2) is 0 Å². The first-order valence-corrected chi connectivity index (χ1v) is 7.20. The summed E-state index contributed by atoms with van der Waals surface area (Å²) in [4.78, 5) is 8.64. The van der Waals surface area contributed by atoms with E-state index in [0.29, 0.717) is 29.8 Å². The van der Waals surface area contributed by atoms with Gasteiger partial charge in [-0.05, 0) is 24.7 Å². The number of ether oxygens (including phenoxy) is 2. The predicted molar refractivity (Wildman–Crippen MR) is 75.8 cm³/mol. The number of rotatable bonds is 4. The number of nitrogens with zero attached hydrogens (tertiary/aromatic N) is 2. The van der Waals surface area contributed by atoms with Crippen molar-refractivity contribution in [1.29, 1.82) is 0 Å². The fourth-order valence-electron chi connectivity index (χ4n) is 3.26. The Labute approximate surface area is 120 Å². The summed E-state index contributed by atoms with van der Waals surface area (Å²) in [6, 6.07) is 0. The Bertz CT molecular complexity index is 464. The molecule has 0 aliphatic heterocycles. The van der Waals surface area contributed by atoms with Crippen LogP contribution in [0.15, 0.2) is 6.20 Å². The van der Waals surface area contributed by atoms with Crippen molar-refractivity contribution < 1.29 is 14.6 Å². The van der Waals surface area contributed by atoms with Crippen molar-refractivity contribution in [3.8, 4) is 11.8 Å². The number of aromatic nitrogens is 2. The number of hydrogen-bond donors (Lipinski definition) is 1. The number of methoxy groups -OCH3 is 2. The molecule has 112 valence electrons. The molecule has 1 aliphatic rings. The largest absolute Gasteiger partial charge is 0.480 e. The third kappa shape index (κ3) is 2.59. The van der Waals surface area contributed by atoms with Crippen LogP contribution < -0.4 is 9.47 Å². The smallest absolute Gasteiger partial charge is 0.241 e. The monoisotopic (exact) mass is 280 g/mol. The molecule has 0 amide bonds. The van der Waals surface area contributed by atoms with Crippen LogP contribution in [0.25, 0.3) is 0 Å². The maximum atomic E-state index is 11.2. The maximum Gasteiger partial charge on any atom is 0.241 e. The molecule has 1 aliphatic carbocycles. The molecule has 1 heterocycles. The molecule has 0 spiro atoms. The molecule has 0 radical (unpaired) electrons. The molecule has 5 nitrogen and oxygen atoms in total. The molecule has 1 aromatic rings. The van der Waals surface area contributed by atoms with E-state index in [2.05, 4.69) is 23.8 Å². The van der Waals surface area contributed by atoms with Gasteiger partial charge in [0.25, 0.3) is 0 Å². The topological polar surface area (TPSA) is 64.5 Å². The lowest BCUT2D eigenvalue weighted by molar-refractivity contribution is -0.0773. The Morgan fingerprint density at radius 1 is 1.30 bits per heavy atom. The molecule has 0 aromatic carbocycles. The van der Waals surface area contributed by atoms with E-state index in [4.69, 9.17) is 9.47 Å². The molecule has 1 fully saturated rings. The fraction of sp³-hybridized carbons (Fsp3) is 0.733. The van der Waals surface area contributed by atoms with Crippen molar-refractivity contribution in [2.45, 2.75) is 45.1 Å².